The summed E-state index contributed by atoms with van der Waals surface area (Å²) in [4.78, 5) is 0. The van der Waals surface area contributed by atoms with Crippen molar-refractivity contribution in [3.8, 4) is 0 Å². The molecule has 0 aliphatic carbocycles. The highest BCUT2D eigenvalue weighted by Gasteiger charge is 2.25. The van der Waals surface area contributed by atoms with Gasteiger partial charge in [-0.1, -0.05) is 39.5 Å². The van der Waals surface area contributed by atoms with Crippen molar-refractivity contribution in [3.63, 3.8) is 0 Å². The van der Waals surface area contributed by atoms with E-state index in [-0.39, 0.29) is 12.0 Å². The van der Waals surface area contributed by atoms with Gasteiger partial charge in [0, 0.05) is 18.6 Å². The molecule has 0 aliphatic rings. The van der Waals surface area contributed by atoms with Crippen LogP contribution in [0.15, 0.2) is 0 Å². The van der Waals surface area contributed by atoms with E-state index < -0.39 is 0 Å². The summed E-state index contributed by atoms with van der Waals surface area (Å²) in [6.45, 7) is 5.23. The van der Waals surface area contributed by atoms with Crippen LogP contribution in [0.5, 0.6) is 0 Å². The van der Waals surface area contributed by atoms with Crippen LogP contribution in [0.2, 0.25) is 0 Å². The largest absolute Gasteiger partial charge is 0.396 e. The Morgan fingerprint density at radius 3 is 2.15 bits per heavy atom. The molecule has 0 aromatic rings. The molecule has 0 amide bonds. The molecule has 0 bridgehead atoms. The summed E-state index contributed by atoms with van der Waals surface area (Å²) >= 11 is 0. The molecular formula is C11H25NO. The highest BCUT2D eigenvalue weighted by molar-refractivity contribution is 4.79. The third-order valence-corrected chi connectivity index (χ3v) is 2.86. The van der Waals surface area contributed by atoms with E-state index in [1.165, 1.54) is 19.3 Å². The van der Waals surface area contributed by atoms with E-state index in [4.69, 9.17) is 5.73 Å². The van der Waals surface area contributed by atoms with Gasteiger partial charge in [-0.05, 0) is 12.8 Å². The van der Waals surface area contributed by atoms with Gasteiger partial charge in [-0.15, -0.1) is 0 Å². The van der Waals surface area contributed by atoms with Crippen molar-refractivity contribution in [1.82, 2.24) is 0 Å². The molecule has 0 fully saturated rings. The molecule has 0 spiro atoms. The second-order valence-corrected chi connectivity index (χ2v) is 4.07. The van der Waals surface area contributed by atoms with Gasteiger partial charge in [-0.2, -0.15) is 0 Å². The predicted molar refractivity (Wildman–Crippen MR) is 57.6 cm³/mol. The molecule has 0 rings (SSSR count). The van der Waals surface area contributed by atoms with Gasteiger partial charge in [0.1, 0.15) is 0 Å². The van der Waals surface area contributed by atoms with Crippen molar-refractivity contribution in [2.45, 2.75) is 52.4 Å². The quantitative estimate of drug-likeness (QED) is 0.573. The van der Waals surface area contributed by atoms with Crippen molar-refractivity contribution < 1.29 is 5.11 Å². The molecule has 0 heterocycles. The number of aliphatic hydroxyl groups is 1. The van der Waals surface area contributed by atoms with Gasteiger partial charge in [0.25, 0.3) is 0 Å². The zero-order valence-electron chi connectivity index (χ0n) is 9.18. The minimum absolute atomic E-state index is 0.0178. The third kappa shape index (κ3) is 4.63. The first kappa shape index (κ1) is 12.9. The molecule has 0 saturated heterocycles. The smallest absolute Gasteiger partial charge is 0.0499 e. The monoisotopic (exact) mass is 187 g/mol. The molecule has 0 aromatic heterocycles. The third-order valence-electron chi connectivity index (χ3n) is 2.86. The number of hydrogen-bond donors (Lipinski definition) is 2. The van der Waals surface area contributed by atoms with Crippen LogP contribution < -0.4 is 5.73 Å². The Hall–Kier alpha value is -0.0800. The molecule has 0 aliphatic heterocycles. The van der Waals surface area contributed by atoms with Gasteiger partial charge in [0.2, 0.25) is 0 Å². The van der Waals surface area contributed by atoms with Gasteiger partial charge in [0.05, 0.1) is 0 Å². The predicted octanol–water partition coefficient (Wildman–Crippen LogP) is 2.30. The summed E-state index contributed by atoms with van der Waals surface area (Å²) in [5.41, 5.74) is 5.74. The summed E-state index contributed by atoms with van der Waals surface area (Å²) < 4.78 is 0. The Bertz CT molecular complexity index is 111. The van der Waals surface area contributed by atoms with Crippen LogP contribution in [0.3, 0.4) is 0 Å². The summed E-state index contributed by atoms with van der Waals surface area (Å²) in [6.07, 6.45) is 6.95. The fraction of sp³-hybridized carbons (Fsp3) is 1.00. The number of aliphatic hydroxyl groups excluding tert-OH is 1. The fourth-order valence-corrected chi connectivity index (χ4v) is 1.83. The summed E-state index contributed by atoms with van der Waals surface area (Å²) in [5.74, 6) is 0. The second kappa shape index (κ2) is 7.34. The lowest BCUT2D eigenvalue weighted by molar-refractivity contribution is 0.108. The summed E-state index contributed by atoms with van der Waals surface area (Å²) in [6, 6.07) is 0. The van der Waals surface area contributed by atoms with Crippen LogP contribution in [0.25, 0.3) is 0 Å². The van der Waals surface area contributed by atoms with E-state index >= 15 is 0 Å². The lowest BCUT2D eigenvalue weighted by atomic mass is 9.79. The molecule has 13 heavy (non-hydrogen) atoms. The summed E-state index contributed by atoms with van der Waals surface area (Å²) in [5, 5.41) is 9.33. The van der Waals surface area contributed by atoms with E-state index in [1.807, 2.05) is 0 Å². The van der Waals surface area contributed by atoms with Crippen molar-refractivity contribution in [1.29, 1.82) is 0 Å². The Labute approximate surface area is 82.5 Å². The highest BCUT2D eigenvalue weighted by Crippen LogP contribution is 2.28. The van der Waals surface area contributed by atoms with Crippen LogP contribution in [0.4, 0.5) is 0 Å². The molecular weight excluding hydrogens is 162 g/mol. The van der Waals surface area contributed by atoms with E-state index in [2.05, 4.69) is 13.8 Å². The lowest BCUT2D eigenvalue weighted by Gasteiger charge is -2.30. The molecule has 0 aromatic carbocycles. The number of nitrogens with two attached hydrogens (primary N) is 1. The second-order valence-electron chi connectivity index (χ2n) is 4.07. The molecule has 1 atom stereocenters. The average Bonchev–Trinajstić information content (AvgIpc) is 2.17. The first-order valence-electron chi connectivity index (χ1n) is 5.55. The Morgan fingerprint density at radius 2 is 1.77 bits per heavy atom. The minimum atomic E-state index is 0.0178. The number of unbranched alkanes of at least 4 members (excludes halogenated alkanes) is 2. The van der Waals surface area contributed by atoms with Crippen molar-refractivity contribution in [3.05, 3.63) is 0 Å². The maximum Gasteiger partial charge on any atom is 0.0499 e. The lowest BCUT2D eigenvalue weighted by Crippen LogP contribution is -2.34. The van der Waals surface area contributed by atoms with Gasteiger partial charge < -0.3 is 10.8 Å². The maximum atomic E-state index is 9.33. The number of rotatable bonds is 8. The van der Waals surface area contributed by atoms with E-state index in [0.717, 1.165) is 19.3 Å². The molecule has 2 nitrogen and oxygen atoms in total. The normalized spacial score (nSPS) is 15.7. The van der Waals surface area contributed by atoms with Crippen LogP contribution in [-0.2, 0) is 0 Å². The van der Waals surface area contributed by atoms with Gasteiger partial charge in [0.15, 0.2) is 0 Å². The fourth-order valence-electron chi connectivity index (χ4n) is 1.83. The van der Waals surface area contributed by atoms with Crippen molar-refractivity contribution >= 4 is 0 Å². The molecule has 1 unspecified atom stereocenters. The summed E-state index contributed by atoms with van der Waals surface area (Å²) in [7, 11) is 0. The van der Waals surface area contributed by atoms with E-state index in [9.17, 15) is 5.11 Å². The van der Waals surface area contributed by atoms with Crippen molar-refractivity contribution in [2.24, 2.45) is 11.1 Å². The minimum Gasteiger partial charge on any atom is -0.396 e. The number of hydrogen-bond acceptors (Lipinski definition) is 2. The highest BCUT2D eigenvalue weighted by atomic mass is 16.3. The maximum absolute atomic E-state index is 9.33. The average molecular weight is 187 g/mol. The zero-order chi connectivity index (χ0) is 10.2. The molecule has 0 saturated carbocycles. The van der Waals surface area contributed by atoms with Crippen molar-refractivity contribution in [2.75, 3.05) is 13.2 Å². The first-order valence-corrected chi connectivity index (χ1v) is 5.55. The molecule has 80 valence electrons. The van der Waals surface area contributed by atoms with Gasteiger partial charge >= 0.3 is 0 Å². The SMILES string of the molecule is CCCCCC(CN)(CO)CCC. The van der Waals surface area contributed by atoms with Crippen LogP contribution in [0.1, 0.15) is 52.4 Å². The Kier molecular flexibility index (Phi) is 7.29. The molecule has 0 radical (unpaired) electrons. The molecule has 3 N–H and O–H groups in total. The van der Waals surface area contributed by atoms with Crippen LogP contribution in [-0.4, -0.2) is 18.3 Å². The topological polar surface area (TPSA) is 46.2 Å². The van der Waals surface area contributed by atoms with Crippen LogP contribution >= 0.6 is 0 Å². The standard InChI is InChI=1S/C11H25NO/c1-3-5-6-8-11(9-12,10-13)7-4-2/h13H,3-10,12H2,1-2H3. The molecule has 2 heteroatoms. The van der Waals surface area contributed by atoms with E-state index in [0.29, 0.717) is 6.54 Å². The Balaban J connectivity index is 3.89. The zero-order valence-corrected chi connectivity index (χ0v) is 9.18. The Morgan fingerprint density at radius 1 is 1.08 bits per heavy atom. The first-order chi connectivity index (χ1) is 6.24. The van der Waals surface area contributed by atoms with Gasteiger partial charge in [-0.3, -0.25) is 0 Å². The van der Waals surface area contributed by atoms with Gasteiger partial charge in [-0.25, -0.2) is 0 Å². The van der Waals surface area contributed by atoms with E-state index in [1.54, 1.807) is 0 Å². The van der Waals surface area contributed by atoms with Crippen LogP contribution in [0, 0.1) is 5.41 Å².